The Morgan fingerprint density at radius 2 is 1.60 bits per heavy atom. The second-order valence-electron chi connectivity index (χ2n) is 14.8. The number of unbranched alkanes of at least 4 members (excludes halogenated alkanes) is 1. The number of β-amino-alcohol motifs (C(OH)–C–C–N with tert-alkyl or cyclic N) is 1. The maximum absolute atomic E-state index is 13.9. The molecular formula is C41H49N7O6S. The first-order chi connectivity index (χ1) is 26.2. The predicted octanol–water partition coefficient (Wildman–Crippen LogP) is 5.26. The van der Waals surface area contributed by atoms with Crippen LogP contribution in [0, 0.1) is 12.3 Å². The van der Waals surface area contributed by atoms with Gasteiger partial charge in [-0.15, -0.1) is 11.3 Å². The summed E-state index contributed by atoms with van der Waals surface area (Å²) in [7, 11) is 0. The summed E-state index contributed by atoms with van der Waals surface area (Å²) >= 11 is 1.57. The van der Waals surface area contributed by atoms with E-state index in [2.05, 4.69) is 26.3 Å². The molecule has 0 bridgehead atoms. The Hall–Kier alpha value is -5.60. The molecule has 0 saturated carbocycles. The maximum Gasteiger partial charge on any atom is 0.255 e. The number of hydrogen-bond donors (Lipinski definition) is 6. The van der Waals surface area contributed by atoms with Gasteiger partial charge in [-0.2, -0.15) is 0 Å². The Labute approximate surface area is 325 Å². The number of aryl methyl sites for hydroxylation is 1. The zero-order valence-electron chi connectivity index (χ0n) is 31.6. The number of benzene rings is 3. The van der Waals surface area contributed by atoms with Crippen LogP contribution in [-0.2, 0) is 25.7 Å². The van der Waals surface area contributed by atoms with E-state index in [4.69, 9.17) is 5.73 Å². The Morgan fingerprint density at radius 3 is 2.24 bits per heavy atom. The summed E-state index contributed by atoms with van der Waals surface area (Å²) in [5, 5.41) is 21.9. The third kappa shape index (κ3) is 11.0. The normalized spacial score (nSPS) is 15.9. The van der Waals surface area contributed by atoms with Gasteiger partial charge < -0.3 is 37.0 Å². The van der Waals surface area contributed by atoms with Gasteiger partial charge >= 0.3 is 0 Å². The molecule has 1 saturated heterocycles. The van der Waals surface area contributed by atoms with E-state index in [1.54, 1.807) is 65.4 Å². The molecule has 2 heterocycles. The zero-order valence-corrected chi connectivity index (χ0v) is 32.4. The van der Waals surface area contributed by atoms with E-state index in [0.29, 0.717) is 35.5 Å². The molecule has 1 fully saturated rings. The van der Waals surface area contributed by atoms with E-state index in [-0.39, 0.29) is 56.0 Å². The number of aliphatic hydroxyl groups is 1. The van der Waals surface area contributed by atoms with E-state index < -0.39 is 29.5 Å². The monoisotopic (exact) mass is 767 g/mol. The molecule has 3 atom stereocenters. The van der Waals surface area contributed by atoms with E-state index in [1.165, 1.54) is 4.90 Å². The third-order valence-corrected chi connectivity index (χ3v) is 10.4. The first kappa shape index (κ1) is 40.6. The third-order valence-electron chi connectivity index (χ3n) is 9.41. The minimum absolute atomic E-state index is 0.0177. The van der Waals surface area contributed by atoms with Gasteiger partial charge in [0.15, 0.2) is 0 Å². The highest BCUT2D eigenvalue weighted by atomic mass is 32.1. The van der Waals surface area contributed by atoms with E-state index in [0.717, 1.165) is 21.7 Å². The molecule has 3 aromatic carbocycles. The Balaban J connectivity index is 1.07. The molecule has 1 aliphatic heterocycles. The number of rotatable bonds is 14. The average Bonchev–Trinajstić information content (AvgIpc) is 3.77. The lowest BCUT2D eigenvalue weighted by molar-refractivity contribution is -0.144. The second-order valence-corrected chi connectivity index (χ2v) is 15.7. The molecule has 7 N–H and O–H groups in total. The molecule has 0 aliphatic carbocycles. The minimum Gasteiger partial charge on any atom is -0.397 e. The fourth-order valence-corrected chi connectivity index (χ4v) is 7.13. The van der Waals surface area contributed by atoms with Crippen LogP contribution in [-0.4, -0.2) is 69.3 Å². The SMILES string of the molecule is Cc1ncsc1-c1ccc(CNC(=O)[C@@H]2C[C@@H](O)CN2C(=O)[C@@H](NC(=O)CCCCC(=O)Nc2ccc(C(=O)Nc3ccccc3N)cc2)C(C)(C)C)cc1. The Bertz CT molecular complexity index is 1990. The fourth-order valence-electron chi connectivity index (χ4n) is 6.32. The van der Waals surface area contributed by atoms with Gasteiger partial charge in [-0.05, 0) is 72.7 Å². The zero-order chi connectivity index (χ0) is 39.7. The van der Waals surface area contributed by atoms with Crippen LogP contribution in [0.5, 0.6) is 0 Å². The van der Waals surface area contributed by atoms with E-state index >= 15 is 0 Å². The maximum atomic E-state index is 13.9. The summed E-state index contributed by atoms with van der Waals surface area (Å²) in [6, 6.07) is 19.4. The van der Waals surface area contributed by atoms with Crippen LogP contribution in [0.4, 0.5) is 17.1 Å². The number of thiazole rings is 1. The summed E-state index contributed by atoms with van der Waals surface area (Å²) in [4.78, 5) is 72.3. The molecule has 55 heavy (non-hydrogen) atoms. The number of nitrogens with one attached hydrogen (secondary N) is 4. The van der Waals surface area contributed by atoms with Gasteiger partial charge in [0, 0.05) is 43.6 Å². The highest BCUT2D eigenvalue weighted by Crippen LogP contribution is 2.28. The number of amides is 5. The van der Waals surface area contributed by atoms with Gasteiger partial charge in [-0.1, -0.05) is 57.2 Å². The number of carbonyl (C=O) groups is 5. The minimum atomic E-state index is -0.943. The van der Waals surface area contributed by atoms with Crippen molar-refractivity contribution in [3.05, 3.63) is 95.1 Å². The number of anilines is 3. The van der Waals surface area contributed by atoms with Crippen LogP contribution in [0.3, 0.4) is 0 Å². The molecule has 14 heteroatoms. The summed E-state index contributed by atoms with van der Waals surface area (Å²) in [5.74, 6) is -1.73. The van der Waals surface area contributed by atoms with E-state index in [9.17, 15) is 29.1 Å². The van der Waals surface area contributed by atoms with Crippen molar-refractivity contribution in [3.63, 3.8) is 0 Å². The number of carbonyl (C=O) groups excluding carboxylic acids is 5. The predicted molar refractivity (Wildman–Crippen MR) is 214 cm³/mol. The number of nitrogen functional groups attached to an aromatic ring is 1. The largest absolute Gasteiger partial charge is 0.397 e. The molecule has 290 valence electrons. The molecule has 0 spiro atoms. The van der Waals surface area contributed by atoms with Crippen molar-refractivity contribution in [2.45, 2.75) is 84.5 Å². The number of aromatic nitrogens is 1. The van der Waals surface area contributed by atoms with Crippen LogP contribution >= 0.6 is 11.3 Å². The summed E-state index contributed by atoms with van der Waals surface area (Å²) in [6.07, 6.45) is 0.322. The summed E-state index contributed by atoms with van der Waals surface area (Å²) < 4.78 is 0. The summed E-state index contributed by atoms with van der Waals surface area (Å²) in [5.41, 5.74) is 11.8. The molecule has 1 aromatic heterocycles. The molecule has 0 radical (unpaired) electrons. The highest BCUT2D eigenvalue weighted by molar-refractivity contribution is 7.13. The lowest BCUT2D eigenvalue weighted by atomic mass is 9.85. The lowest BCUT2D eigenvalue weighted by Gasteiger charge is -2.35. The van der Waals surface area contributed by atoms with Crippen LogP contribution in [0.2, 0.25) is 0 Å². The molecule has 13 nitrogen and oxygen atoms in total. The van der Waals surface area contributed by atoms with Crippen molar-refractivity contribution >= 4 is 57.9 Å². The molecule has 0 unspecified atom stereocenters. The Morgan fingerprint density at radius 1 is 0.927 bits per heavy atom. The number of hydrogen-bond acceptors (Lipinski definition) is 9. The molecule has 5 rings (SSSR count). The first-order valence-electron chi connectivity index (χ1n) is 18.3. The van der Waals surface area contributed by atoms with Gasteiger partial charge in [0.25, 0.3) is 5.91 Å². The van der Waals surface area contributed by atoms with Crippen molar-refractivity contribution in [2.75, 3.05) is 22.9 Å². The van der Waals surface area contributed by atoms with Crippen LogP contribution in [0.25, 0.3) is 10.4 Å². The number of aliphatic hydroxyl groups excluding tert-OH is 1. The number of nitrogens with zero attached hydrogens (tertiary/aromatic N) is 2. The van der Waals surface area contributed by atoms with Crippen molar-refractivity contribution in [1.29, 1.82) is 0 Å². The van der Waals surface area contributed by atoms with Gasteiger partial charge in [0.05, 0.1) is 33.6 Å². The van der Waals surface area contributed by atoms with Crippen LogP contribution in [0.1, 0.15) is 74.5 Å². The topological polar surface area (TPSA) is 196 Å². The van der Waals surface area contributed by atoms with Crippen molar-refractivity contribution in [1.82, 2.24) is 20.5 Å². The standard InChI is InChI=1S/C41H49N7O6S/c1-25-36(55-24-44-25)27-15-13-26(14-16-27)22-43-39(53)33-21-30(49)23-48(33)40(54)37(41(2,3)4)47-35(51)12-8-7-11-34(50)45-29-19-17-28(18-20-29)38(52)46-32-10-6-5-9-31(32)42/h5-6,9-10,13-20,24,30,33,37,49H,7-8,11-12,21-23,42H2,1-4H3,(H,43,53)(H,45,50)(H,46,52)(H,47,51)/t30-,33+,37-/m1/s1. The number of likely N-dealkylation sites (tertiary alicyclic amines) is 1. The lowest BCUT2D eigenvalue weighted by Crippen LogP contribution is -2.57. The van der Waals surface area contributed by atoms with E-state index in [1.807, 2.05) is 52.0 Å². The van der Waals surface area contributed by atoms with Gasteiger partial charge in [-0.25, -0.2) is 4.98 Å². The Kier molecular flexibility index (Phi) is 13.4. The number of nitrogens with two attached hydrogens (primary N) is 1. The van der Waals surface area contributed by atoms with Crippen LogP contribution in [0.15, 0.2) is 78.3 Å². The van der Waals surface area contributed by atoms with Crippen LogP contribution < -0.4 is 27.0 Å². The van der Waals surface area contributed by atoms with Crippen molar-refractivity contribution in [2.24, 2.45) is 5.41 Å². The summed E-state index contributed by atoms with van der Waals surface area (Å²) in [6.45, 7) is 7.69. The quantitative estimate of drug-likeness (QED) is 0.0738. The number of para-hydroxylation sites is 2. The smallest absolute Gasteiger partial charge is 0.255 e. The average molecular weight is 768 g/mol. The van der Waals surface area contributed by atoms with Gasteiger partial charge in [-0.3, -0.25) is 24.0 Å². The highest BCUT2D eigenvalue weighted by Gasteiger charge is 2.44. The fraction of sp³-hybridized carbons (Fsp3) is 0.366. The molecule has 5 amide bonds. The molecule has 4 aromatic rings. The first-order valence-corrected chi connectivity index (χ1v) is 19.2. The molecular weight excluding hydrogens is 719 g/mol. The second kappa shape index (κ2) is 18.2. The van der Waals surface area contributed by atoms with Gasteiger partial charge in [0.1, 0.15) is 12.1 Å². The van der Waals surface area contributed by atoms with Crippen molar-refractivity contribution < 1.29 is 29.1 Å². The van der Waals surface area contributed by atoms with Crippen molar-refractivity contribution in [3.8, 4) is 10.4 Å². The molecule has 1 aliphatic rings. The van der Waals surface area contributed by atoms with Gasteiger partial charge in [0.2, 0.25) is 23.6 Å².